The summed E-state index contributed by atoms with van der Waals surface area (Å²) in [6, 6.07) is 7.68. The number of allylic oxidation sites excluding steroid dienone is 2. The van der Waals surface area contributed by atoms with Gasteiger partial charge in [0.1, 0.15) is 17.9 Å². The average molecular weight is 435 g/mol. The maximum absolute atomic E-state index is 14.1. The minimum atomic E-state index is -1.18. The van der Waals surface area contributed by atoms with Crippen LogP contribution in [-0.4, -0.2) is 46.6 Å². The Bertz CT molecular complexity index is 1040. The fourth-order valence-electron chi connectivity index (χ4n) is 4.73. The van der Waals surface area contributed by atoms with E-state index in [4.69, 9.17) is 0 Å². The second-order valence-electron chi connectivity index (χ2n) is 9.12. The van der Waals surface area contributed by atoms with E-state index in [2.05, 4.69) is 10.3 Å². The first-order valence-corrected chi connectivity index (χ1v) is 11.2. The number of anilines is 1. The number of benzene rings is 1. The lowest BCUT2D eigenvalue weighted by Gasteiger charge is -2.44. The van der Waals surface area contributed by atoms with E-state index in [-0.39, 0.29) is 36.7 Å². The summed E-state index contributed by atoms with van der Waals surface area (Å²) in [5.41, 5.74) is 1.33. The molecule has 1 aromatic rings. The summed E-state index contributed by atoms with van der Waals surface area (Å²) in [6.07, 6.45) is 9.61. The quantitative estimate of drug-likeness (QED) is 0.771. The summed E-state index contributed by atoms with van der Waals surface area (Å²) in [7, 11) is 0. The molecule has 2 aliphatic heterocycles. The fraction of sp³-hybridized carbons (Fsp3) is 0.440. The van der Waals surface area contributed by atoms with Gasteiger partial charge in [-0.3, -0.25) is 14.4 Å². The van der Waals surface area contributed by atoms with Gasteiger partial charge in [-0.1, -0.05) is 31.0 Å². The summed E-state index contributed by atoms with van der Waals surface area (Å²) >= 11 is 0. The van der Waals surface area contributed by atoms with Gasteiger partial charge in [-0.15, -0.1) is 0 Å². The number of carbonyl (C=O) groups excluding carboxylic acids is 3. The number of carbonyl (C=O) groups is 3. The molecule has 1 fully saturated rings. The Morgan fingerprint density at radius 1 is 1.22 bits per heavy atom. The van der Waals surface area contributed by atoms with Crippen LogP contribution < -0.4 is 10.2 Å². The highest BCUT2D eigenvalue weighted by Gasteiger charge is 2.48. The Kier molecular flexibility index (Phi) is 6.00. The fourth-order valence-corrected chi connectivity index (χ4v) is 4.73. The number of fused-ring (bicyclic) bond motifs is 1. The molecule has 0 saturated heterocycles. The molecule has 1 saturated carbocycles. The first kappa shape index (κ1) is 22.0. The molecule has 0 aromatic heterocycles. The molecule has 4 rings (SSSR count). The predicted molar refractivity (Wildman–Crippen MR) is 124 cm³/mol. The minimum absolute atomic E-state index is 0.0564. The Morgan fingerprint density at radius 2 is 1.94 bits per heavy atom. The van der Waals surface area contributed by atoms with Crippen molar-refractivity contribution >= 4 is 29.2 Å². The second-order valence-corrected chi connectivity index (χ2v) is 9.12. The van der Waals surface area contributed by atoms with Gasteiger partial charge in [0.2, 0.25) is 5.91 Å². The molecule has 0 radical (unpaired) electrons. The Labute approximate surface area is 188 Å². The number of aliphatic imine (C=N–C) groups is 1. The molecular formula is C25H30N4O3. The van der Waals surface area contributed by atoms with Crippen molar-refractivity contribution in [3.05, 3.63) is 53.8 Å². The molecular weight excluding hydrogens is 404 g/mol. The van der Waals surface area contributed by atoms with Crippen molar-refractivity contribution in [2.45, 2.75) is 64.5 Å². The van der Waals surface area contributed by atoms with Gasteiger partial charge in [-0.25, -0.2) is 0 Å². The summed E-state index contributed by atoms with van der Waals surface area (Å²) in [6.45, 7) is 5.49. The van der Waals surface area contributed by atoms with Crippen LogP contribution in [0.15, 0.2) is 53.2 Å². The van der Waals surface area contributed by atoms with Crippen LogP contribution in [0.25, 0.3) is 0 Å². The largest absolute Gasteiger partial charge is 0.352 e. The number of nitrogens with one attached hydrogen (secondary N) is 1. The van der Waals surface area contributed by atoms with Gasteiger partial charge in [0, 0.05) is 17.9 Å². The van der Waals surface area contributed by atoms with E-state index in [0.717, 1.165) is 36.8 Å². The van der Waals surface area contributed by atoms with E-state index in [0.29, 0.717) is 11.5 Å². The highest BCUT2D eigenvalue weighted by Crippen LogP contribution is 2.33. The molecule has 1 N–H and O–H groups in total. The zero-order chi connectivity index (χ0) is 22.9. The van der Waals surface area contributed by atoms with Gasteiger partial charge in [0.05, 0.1) is 6.42 Å². The zero-order valence-electron chi connectivity index (χ0n) is 18.9. The van der Waals surface area contributed by atoms with Crippen molar-refractivity contribution in [1.82, 2.24) is 10.2 Å². The standard InChI is InChI=1S/C25H30N4O3/c1-17-12-13-29-21(14-17)27-22(30)15-25(29,3)24(32)28(20-11-7-4-8-18(20)2)16-23(31)26-19-9-5-6-10-19/h4,7-8,11-14,19H,5-6,9-10,15-16H2,1-3H3,(H,26,31)/t25-/m1/s1. The first-order valence-electron chi connectivity index (χ1n) is 11.2. The molecule has 7 heteroatoms. The van der Waals surface area contributed by atoms with Crippen LogP contribution in [0.2, 0.25) is 0 Å². The van der Waals surface area contributed by atoms with Crippen molar-refractivity contribution in [2.24, 2.45) is 4.99 Å². The highest BCUT2D eigenvalue weighted by atomic mass is 16.2. The summed E-state index contributed by atoms with van der Waals surface area (Å²) < 4.78 is 0. The van der Waals surface area contributed by atoms with Crippen LogP contribution in [0.4, 0.5) is 5.69 Å². The van der Waals surface area contributed by atoms with Crippen molar-refractivity contribution in [3.8, 4) is 0 Å². The number of nitrogens with zero attached hydrogens (tertiary/aromatic N) is 3. The molecule has 3 aliphatic rings. The predicted octanol–water partition coefficient (Wildman–Crippen LogP) is 3.25. The highest BCUT2D eigenvalue weighted by molar-refractivity contribution is 6.13. The van der Waals surface area contributed by atoms with Crippen molar-refractivity contribution in [2.75, 3.05) is 11.4 Å². The van der Waals surface area contributed by atoms with E-state index in [9.17, 15) is 14.4 Å². The molecule has 1 aliphatic carbocycles. The molecule has 3 amide bonds. The van der Waals surface area contributed by atoms with Crippen LogP contribution >= 0.6 is 0 Å². The van der Waals surface area contributed by atoms with E-state index in [1.54, 1.807) is 24.1 Å². The van der Waals surface area contributed by atoms with Crippen molar-refractivity contribution in [1.29, 1.82) is 0 Å². The lowest BCUT2D eigenvalue weighted by molar-refractivity contribution is -0.133. The Balaban J connectivity index is 1.67. The normalized spacial score (nSPS) is 22.8. The van der Waals surface area contributed by atoms with Gasteiger partial charge in [-0.05, 0) is 63.0 Å². The summed E-state index contributed by atoms with van der Waals surface area (Å²) in [5.74, 6) is -0.367. The van der Waals surface area contributed by atoms with E-state index >= 15 is 0 Å². The molecule has 168 valence electrons. The molecule has 32 heavy (non-hydrogen) atoms. The molecule has 0 bridgehead atoms. The molecule has 7 nitrogen and oxygen atoms in total. The molecule has 0 unspecified atom stereocenters. The topological polar surface area (TPSA) is 82.1 Å². The van der Waals surface area contributed by atoms with Crippen LogP contribution in [0.3, 0.4) is 0 Å². The van der Waals surface area contributed by atoms with E-state index in [1.807, 2.05) is 44.2 Å². The third-order valence-corrected chi connectivity index (χ3v) is 6.49. The van der Waals surface area contributed by atoms with Gasteiger partial charge >= 0.3 is 0 Å². The third kappa shape index (κ3) is 4.24. The number of hydrogen-bond acceptors (Lipinski definition) is 4. The lowest BCUT2D eigenvalue weighted by atomic mass is 9.89. The van der Waals surface area contributed by atoms with Crippen LogP contribution in [0.1, 0.15) is 51.5 Å². The van der Waals surface area contributed by atoms with Gasteiger partial charge in [0.15, 0.2) is 0 Å². The van der Waals surface area contributed by atoms with Crippen molar-refractivity contribution in [3.63, 3.8) is 0 Å². The van der Waals surface area contributed by atoms with Crippen molar-refractivity contribution < 1.29 is 14.4 Å². The smallest absolute Gasteiger partial charge is 0.254 e. The van der Waals surface area contributed by atoms with E-state index in [1.165, 1.54) is 4.90 Å². The Morgan fingerprint density at radius 3 is 2.66 bits per heavy atom. The zero-order valence-corrected chi connectivity index (χ0v) is 18.9. The number of amides is 3. The third-order valence-electron chi connectivity index (χ3n) is 6.49. The number of aryl methyl sites for hydroxylation is 1. The van der Waals surface area contributed by atoms with Gasteiger partial charge in [-0.2, -0.15) is 4.99 Å². The molecule has 2 heterocycles. The maximum Gasteiger partial charge on any atom is 0.254 e. The minimum Gasteiger partial charge on any atom is -0.352 e. The number of para-hydroxylation sites is 1. The molecule has 1 atom stereocenters. The average Bonchev–Trinajstić information content (AvgIpc) is 3.24. The molecule has 0 spiro atoms. The number of amidine groups is 1. The Hall–Kier alpha value is -3.22. The van der Waals surface area contributed by atoms with Gasteiger partial charge in [0.25, 0.3) is 11.8 Å². The number of hydrogen-bond donors (Lipinski definition) is 1. The monoisotopic (exact) mass is 434 g/mol. The molecule has 1 aromatic carbocycles. The van der Waals surface area contributed by atoms with Gasteiger partial charge < -0.3 is 15.1 Å². The van der Waals surface area contributed by atoms with Crippen LogP contribution in [0.5, 0.6) is 0 Å². The second kappa shape index (κ2) is 8.73. The SMILES string of the molecule is CC1=CC2=NC(=O)C[C@](C)(C(=O)N(CC(=O)NC3CCCC3)c3ccccc3C)N2C=C1. The number of rotatable bonds is 5. The summed E-state index contributed by atoms with van der Waals surface area (Å²) in [5, 5.41) is 3.08. The van der Waals surface area contributed by atoms with Crippen LogP contribution in [-0.2, 0) is 14.4 Å². The maximum atomic E-state index is 14.1. The van der Waals surface area contributed by atoms with E-state index < -0.39 is 5.54 Å². The van der Waals surface area contributed by atoms with Crippen LogP contribution in [0, 0.1) is 6.92 Å². The lowest BCUT2D eigenvalue weighted by Crippen LogP contribution is -2.62. The first-order chi connectivity index (χ1) is 15.3. The summed E-state index contributed by atoms with van der Waals surface area (Å²) in [4.78, 5) is 46.9.